The fourth-order valence-electron chi connectivity index (χ4n) is 3.06. The molecule has 0 aliphatic carbocycles. The summed E-state index contributed by atoms with van der Waals surface area (Å²) < 4.78 is 30.9. The minimum atomic E-state index is -2.55. The van der Waals surface area contributed by atoms with Crippen LogP contribution in [0.2, 0.25) is 51.9 Å². The van der Waals surface area contributed by atoms with E-state index in [9.17, 15) is 4.79 Å². The lowest BCUT2D eigenvalue weighted by Gasteiger charge is -2.47. The monoisotopic (exact) mass is 410 g/mol. The maximum atomic E-state index is 11.9. The number of hydrogen-bond acceptors (Lipinski definition) is 6. The third kappa shape index (κ3) is 7.20. The van der Waals surface area contributed by atoms with Gasteiger partial charge in [0.1, 0.15) is 0 Å². The minimum absolute atomic E-state index is 0.0752. The van der Waals surface area contributed by atoms with Crippen molar-refractivity contribution in [3.05, 3.63) is 0 Å². The van der Waals surface area contributed by atoms with E-state index in [2.05, 4.69) is 0 Å². The van der Waals surface area contributed by atoms with Gasteiger partial charge in [-0.15, -0.1) is 0 Å². The Labute approximate surface area is 151 Å². The van der Waals surface area contributed by atoms with E-state index in [0.29, 0.717) is 12.7 Å². The molecule has 1 atom stereocenters. The van der Waals surface area contributed by atoms with Crippen LogP contribution < -0.4 is 0 Å². The standard InChI is InChI=1S/C14H34O6Si4/c1-10-13(2)14(15)16-11-12-24(9)19-22(5,6)17-21(3,4)18-23(7,8)20-24/h13H,10-12H2,1-9H3. The Kier molecular flexibility index (Phi) is 7.24. The zero-order chi connectivity index (χ0) is 18.8. The zero-order valence-corrected chi connectivity index (χ0v) is 20.6. The molecule has 0 N–H and O–H groups in total. The molecule has 1 aliphatic rings. The van der Waals surface area contributed by atoms with Gasteiger partial charge in [-0.3, -0.25) is 4.79 Å². The van der Waals surface area contributed by atoms with Gasteiger partial charge in [-0.2, -0.15) is 0 Å². The molecule has 1 rings (SSSR count). The highest BCUT2D eigenvalue weighted by Gasteiger charge is 2.52. The van der Waals surface area contributed by atoms with Crippen molar-refractivity contribution in [2.45, 2.75) is 72.1 Å². The molecule has 1 fully saturated rings. The first-order chi connectivity index (χ1) is 10.7. The average molecular weight is 411 g/mol. The lowest BCUT2D eigenvalue weighted by Crippen LogP contribution is -2.65. The second-order valence-electron chi connectivity index (χ2n) is 7.97. The first-order valence-electron chi connectivity index (χ1n) is 8.66. The number of hydrogen-bond donors (Lipinski definition) is 0. The van der Waals surface area contributed by atoms with Crippen molar-refractivity contribution >= 4 is 40.2 Å². The van der Waals surface area contributed by atoms with Gasteiger partial charge >= 0.3 is 40.2 Å². The highest BCUT2D eigenvalue weighted by molar-refractivity contribution is 6.93. The molecule has 0 radical (unpaired) electrons. The fourth-order valence-corrected chi connectivity index (χ4v) is 24.3. The van der Waals surface area contributed by atoms with Gasteiger partial charge in [-0.25, -0.2) is 0 Å². The van der Waals surface area contributed by atoms with Crippen LogP contribution in [0.1, 0.15) is 20.3 Å². The Hall–Kier alpha value is 0.178. The molecule has 142 valence electrons. The molecule has 0 amide bonds. The topological polar surface area (TPSA) is 63.2 Å². The van der Waals surface area contributed by atoms with Gasteiger partial charge in [0.25, 0.3) is 0 Å². The average Bonchev–Trinajstić information content (AvgIpc) is 2.30. The van der Waals surface area contributed by atoms with Crippen LogP contribution in [0.4, 0.5) is 0 Å². The lowest BCUT2D eigenvalue weighted by atomic mass is 10.1. The molecule has 6 nitrogen and oxygen atoms in total. The summed E-state index contributed by atoms with van der Waals surface area (Å²) in [7, 11) is -9.53. The minimum Gasteiger partial charge on any atom is -0.466 e. The summed E-state index contributed by atoms with van der Waals surface area (Å²) in [6.45, 7) is 18.4. The van der Waals surface area contributed by atoms with E-state index in [4.69, 9.17) is 21.2 Å². The number of rotatable bonds is 5. The van der Waals surface area contributed by atoms with E-state index in [-0.39, 0.29) is 11.9 Å². The van der Waals surface area contributed by atoms with E-state index in [0.717, 1.165) is 6.42 Å². The van der Waals surface area contributed by atoms with Gasteiger partial charge < -0.3 is 21.2 Å². The molecule has 1 saturated heterocycles. The molecule has 0 bridgehead atoms. The third-order valence-electron chi connectivity index (χ3n) is 3.72. The van der Waals surface area contributed by atoms with E-state index in [1.807, 2.05) is 59.7 Å². The van der Waals surface area contributed by atoms with Crippen LogP contribution in [0.3, 0.4) is 0 Å². The molecule has 10 heteroatoms. The van der Waals surface area contributed by atoms with Crippen LogP contribution in [0.15, 0.2) is 0 Å². The number of carbonyl (C=O) groups is 1. The van der Waals surface area contributed by atoms with Crippen molar-refractivity contribution in [2.24, 2.45) is 5.92 Å². The normalized spacial score (nSPS) is 26.0. The SMILES string of the molecule is CCC(C)C(=O)OCC[Si]1(C)O[Si](C)(C)O[Si](C)(C)O[Si](C)(C)O1. The predicted molar refractivity (Wildman–Crippen MR) is 104 cm³/mol. The smallest absolute Gasteiger partial charge is 0.320 e. The largest absolute Gasteiger partial charge is 0.466 e. The van der Waals surface area contributed by atoms with Crippen molar-refractivity contribution in [1.82, 2.24) is 0 Å². The molecule has 1 heterocycles. The Bertz CT molecular complexity index is 433. The summed E-state index contributed by atoms with van der Waals surface area (Å²) in [6, 6.07) is 0.594. The van der Waals surface area contributed by atoms with Gasteiger partial charge in [0, 0.05) is 6.04 Å². The van der Waals surface area contributed by atoms with E-state index < -0.39 is 34.2 Å². The number of carbonyl (C=O) groups excluding carboxylic acids is 1. The Balaban J connectivity index is 2.81. The van der Waals surface area contributed by atoms with Crippen molar-refractivity contribution < 1.29 is 26.0 Å². The summed E-state index contributed by atoms with van der Waals surface area (Å²) in [5, 5.41) is 0. The first-order valence-corrected chi connectivity index (χ1v) is 19.6. The maximum absolute atomic E-state index is 11.9. The van der Waals surface area contributed by atoms with Crippen LogP contribution in [0.25, 0.3) is 0 Å². The van der Waals surface area contributed by atoms with Gasteiger partial charge in [-0.1, -0.05) is 13.8 Å². The number of esters is 1. The van der Waals surface area contributed by atoms with Crippen molar-refractivity contribution in [2.75, 3.05) is 6.61 Å². The van der Waals surface area contributed by atoms with Gasteiger partial charge in [0.05, 0.1) is 12.5 Å². The van der Waals surface area contributed by atoms with Crippen LogP contribution >= 0.6 is 0 Å². The molecule has 0 saturated carbocycles. The second kappa shape index (κ2) is 7.82. The fraction of sp³-hybridized carbons (Fsp3) is 0.929. The quantitative estimate of drug-likeness (QED) is 0.507. The highest BCUT2D eigenvalue weighted by atomic mass is 28.5. The van der Waals surface area contributed by atoms with Crippen molar-refractivity contribution in [3.8, 4) is 0 Å². The predicted octanol–water partition coefficient (Wildman–Crippen LogP) is 3.83. The summed E-state index contributed by atoms with van der Waals surface area (Å²) in [5.41, 5.74) is 0. The first kappa shape index (κ1) is 22.2. The van der Waals surface area contributed by atoms with Crippen LogP contribution in [-0.4, -0.2) is 46.8 Å². The van der Waals surface area contributed by atoms with Crippen molar-refractivity contribution in [1.29, 1.82) is 0 Å². The van der Waals surface area contributed by atoms with Gasteiger partial charge in [0.2, 0.25) is 0 Å². The zero-order valence-electron chi connectivity index (χ0n) is 16.6. The molecule has 1 unspecified atom stereocenters. The summed E-state index contributed by atoms with van der Waals surface area (Å²) in [4.78, 5) is 11.9. The van der Waals surface area contributed by atoms with Crippen LogP contribution in [0.5, 0.6) is 0 Å². The second-order valence-corrected chi connectivity index (χ2v) is 22.4. The molecule has 0 aromatic rings. The molecule has 0 aromatic heterocycles. The van der Waals surface area contributed by atoms with Crippen LogP contribution in [0, 0.1) is 5.92 Å². The van der Waals surface area contributed by atoms with Crippen molar-refractivity contribution in [3.63, 3.8) is 0 Å². The van der Waals surface area contributed by atoms with E-state index >= 15 is 0 Å². The molecule has 0 aromatic carbocycles. The molecule has 24 heavy (non-hydrogen) atoms. The third-order valence-corrected chi connectivity index (χ3v) is 20.1. The summed E-state index contributed by atoms with van der Waals surface area (Å²) in [6.07, 6.45) is 0.780. The Morgan fingerprint density at radius 1 is 0.875 bits per heavy atom. The maximum Gasteiger partial charge on any atom is 0.320 e. The lowest BCUT2D eigenvalue weighted by molar-refractivity contribution is -0.147. The molecule has 0 spiro atoms. The molecule has 1 aliphatic heterocycles. The molecular weight excluding hydrogens is 376 g/mol. The number of ether oxygens (including phenoxy) is 1. The summed E-state index contributed by atoms with van der Waals surface area (Å²) >= 11 is 0. The highest BCUT2D eigenvalue weighted by Crippen LogP contribution is 2.32. The van der Waals surface area contributed by atoms with E-state index in [1.165, 1.54) is 0 Å². The van der Waals surface area contributed by atoms with Gasteiger partial charge in [0.15, 0.2) is 0 Å². The van der Waals surface area contributed by atoms with E-state index in [1.54, 1.807) is 0 Å². The summed E-state index contributed by atoms with van der Waals surface area (Å²) in [5.74, 6) is -0.233. The molecular formula is C14H34O6Si4. The Morgan fingerprint density at radius 3 is 1.71 bits per heavy atom. The van der Waals surface area contributed by atoms with Crippen LogP contribution in [-0.2, 0) is 26.0 Å². The Morgan fingerprint density at radius 2 is 1.29 bits per heavy atom. The van der Waals surface area contributed by atoms with Gasteiger partial charge in [-0.05, 0) is 52.2 Å².